The van der Waals surface area contributed by atoms with Crippen LogP contribution >= 0.6 is 0 Å². The molecule has 0 aliphatic heterocycles. The highest BCUT2D eigenvalue weighted by molar-refractivity contribution is 6.16. The van der Waals surface area contributed by atoms with Crippen LogP contribution < -0.4 is 15.4 Å². The lowest BCUT2D eigenvalue weighted by atomic mass is 9.98. The number of hydrogen-bond acceptors (Lipinski definition) is 5. The van der Waals surface area contributed by atoms with Crippen molar-refractivity contribution in [2.24, 2.45) is 0 Å². The molecule has 2 aliphatic rings. The summed E-state index contributed by atoms with van der Waals surface area (Å²) in [5.74, 6) is 0.871. The maximum absolute atomic E-state index is 13.1. The van der Waals surface area contributed by atoms with Crippen molar-refractivity contribution in [3.05, 3.63) is 65.0 Å². The predicted octanol–water partition coefficient (Wildman–Crippen LogP) is 3.91. The van der Waals surface area contributed by atoms with Gasteiger partial charge in [-0.2, -0.15) is 4.98 Å². The highest BCUT2D eigenvalue weighted by Gasteiger charge is 2.28. The van der Waals surface area contributed by atoms with Crippen LogP contribution in [0.5, 0.6) is 5.88 Å². The van der Waals surface area contributed by atoms with E-state index in [0.29, 0.717) is 23.9 Å². The van der Waals surface area contributed by atoms with Gasteiger partial charge in [-0.05, 0) is 62.9 Å². The Morgan fingerprint density at radius 2 is 2.13 bits per heavy atom. The van der Waals surface area contributed by atoms with E-state index in [4.69, 9.17) is 4.74 Å². The van der Waals surface area contributed by atoms with Gasteiger partial charge in [0.25, 0.3) is 5.91 Å². The maximum Gasteiger partial charge on any atom is 0.257 e. The summed E-state index contributed by atoms with van der Waals surface area (Å²) >= 11 is 0. The first-order chi connectivity index (χ1) is 14.8. The smallest absolute Gasteiger partial charge is 0.257 e. The zero-order valence-electron chi connectivity index (χ0n) is 17.4. The molecule has 0 radical (unpaired) electrons. The average molecular weight is 405 g/mol. The topological polar surface area (TPSA) is 76.1 Å². The number of fused-ring (bicyclic) bond motifs is 2. The van der Waals surface area contributed by atoms with Crippen LogP contribution in [0.4, 0.5) is 5.82 Å². The second kappa shape index (κ2) is 9.67. The molecule has 1 amide bonds. The van der Waals surface area contributed by atoms with Gasteiger partial charge in [0, 0.05) is 23.4 Å². The van der Waals surface area contributed by atoms with Crippen molar-refractivity contribution in [3.63, 3.8) is 0 Å². The molecule has 2 aromatic heterocycles. The fourth-order valence-electron chi connectivity index (χ4n) is 4.00. The third kappa shape index (κ3) is 4.60. The number of carbonyl (C=O) groups excluding carboxylic acids is 1. The van der Waals surface area contributed by atoms with E-state index < -0.39 is 0 Å². The SMILES string of the molecule is CCNCCCOc1cccc(NC(=O)C2=CCC3=C2c2ncccc2CCC3)n1. The van der Waals surface area contributed by atoms with Crippen LogP contribution in [0.2, 0.25) is 0 Å². The van der Waals surface area contributed by atoms with Crippen molar-refractivity contribution in [2.75, 3.05) is 25.0 Å². The summed E-state index contributed by atoms with van der Waals surface area (Å²) in [5.41, 5.74) is 5.19. The number of aromatic nitrogens is 2. The van der Waals surface area contributed by atoms with E-state index in [2.05, 4.69) is 33.6 Å². The standard InChI is InChI=1S/C24H28N4O2/c1-2-25-14-6-16-30-21-11-4-10-20(27-21)28-24(29)19-13-12-17-7-3-8-18-9-5-15-26-23(18)22(17)19/h4-5,9-11,13,15,25H,2-3,6-8,12,14,16H2,1H3,(H,27,28,29). The first-order valence-electron chi connectivity index (χ1n) is 10.7. The molecule has 0 spiro atoms. The summed E-state index contributed by atoms with van der Waals surface area (Å²) in [6.45, 7) is 4.53. The molecule has 4 rings (SSSR count). The van der Waals surface area contributed by atoms with Crippen molar-refractivity contribution in [1.82, 2.24) is 15.3 Å². The third-order valence-electron chi connectivity index (χ3n) is 5.44. The number of rotatable bonds is 8. The van der Waals surface area contributed by atoms with E-state index in [1.807, 2.05) is 24.3 Å². The quantitative estimate of drug-likeness (QED) is 0.653. The number of pyridine rings is 2. The lowest BCUT2D eigenvalue weighted by Gasteiger charge is -2.13. The number of amides is 1. The summed E-state index contributed by atoms with van der Waals surface area (Å²) in [7, 11) is 0. The van der Waals surface area contributed by atoms with Crippen LogP contribution in [0.25, 0.3) is 5.57 Å². The molecule has 2 heterocycles. The molecule has 30 heavy (non-hydrogen) atoms. The van der Waals surface area contributed by atoms with E-state index in [9.17, 15) is 4.79 Å². The van der Waals surface area contributed by atoms with E-state index >= 15 is 0 Å². The Bertz CT molecular complexity index is 981. The lowest BCUT2D eigenvalue weighted by molar-refractivity contribution is -0.112. The van der Waals surface area contributed by atoms with Gasteiger partial charge in [0.15, 0.2) is 0 Å². The number of nitrogens with zero attached hydrogens (tertiary/aromatic N) is 2. The molecule has 2 aromatic rings. The highest BCUT2D eigenvalue weighted by atomic mass is 16.5. The van der Waals surface area contributed by atoms with Crippen molar-refractivity contribution in [1.29, 1.82) is 0 Å². The minimum Gasteiger partial charge on any atom is -0.478 e. The zero-order valence-corrected chi connectivity index (χ0v) is 17.4. The molecule has 0 aromatic carbocycles. The van der Waals surface area contributed by atoms with Gasteiger partial charge >= 0.3 is 0 Å². The molecule has 156 valence electrons. The Kier molecular flexibility index (Phi) is 6.54. The predicted molar refractivity (Wildman–Crippen MR) is 118 cm³/mol. The molecule has 2 N–H and O–H groups in total. The number of anilines is 1. The summed E-state index contributed by atoms with van der Waals surface area (Å²) < 4.78 is 5.71. The van der Waals surface area contributed by atoms with Crippen molar-refractivity contribution < 1.29 is 9.53 Å². The minimum atomic E-state index is -0.143. The van der Waals surface area contributed by atoms with Crippen LogP contribution in [-0.4, -0.2) is 35.6 Å². The summed E-state index contributed by atoms with van der Waals surface area (Å²) in [6.07, 6.45) is 8.65. The lowest BCUT2D eigenvalue weighted by Crippen LogP contribution is -2.17. The zero-order chi connectivity index (χ0) is 20.8. The van der Waals surface area contributed by atoms with Crippen molar-refractivity contribution >= 4 is 17.3 Å². The van der Waals surface area contributed by atoms with Gasteiger partial charge in [0.05, 0.1) is 12.3 Å². The van der Waals surface area contributed by atoms with Gasteiger partial charge in [-0.15, -0.1) is 0 Å². The fraction of sp³-hybridized carbons (Fsp3) is 0.375. The van der Waals surface area contributed by atoms with E-state index in [1.54, 1.807) is 12.3 Å². The Balaban J connectivity index is 1.45. The normalized spacial score (nSPS) is 15.2. The Morgan fingerprint density at radius 3 is 3.03 bits per heavy atom. The average Bonchev–Trinajstić information content (AvgIpc) is 3.09. The molecule has 2 aliphatic carbocycles. The second-order valence-corrected chi connectivity index (χ2v) is 7.54. The molecule has 0 saturated carbocycles. The van der Waals surface area contributed by atoms with Gasteiger partial charge in [-0.25, -0.2) is 0 Å². The first kappa shape index (κ1) is 20.3. The van der Waals surface area contributed by atoms with E-state index in [1.165, 1.54) is 11.1 Å². The number of ether oxygens (including phenoxy) is 1. The molecule has 6 nitrogen and oxygen atoms in total. The van der Waals surface area contributed by atoms with Gasteiger partial charge < -0.3 is 15.4 Å². The second-order valence-electron chi connectivity index (χ2n) is 7.54. The van der Waals surface area contributed by atoms with Crippen LogP contribution in [-0.2, 0) is 11.2 Å². The molecule has 0 fully saturated rings. The molecular weight excluding hydrogens is 376 g/mol. The van der Waals surface area contributed by atoms with Crippen molar-refractivity contribution in [2.45, 2.75) is 39.0 Å². The Morgan fingerprint density at radius 1 is 1.20 bits per heavy atom. The summed E-state index contributed by atoms with van der Waals surface area (Å²) in [4.78, 5) is 22.2. The van der Waals surface area contributed by atoms with E-state index in [-0.39, 0.29) is 5.91 Å². The molecule has 0 unspecified atom stereocenters. The van der Waals surface area contributed by atoms with Crippen LogP contribution in [0.3, 0.4) is 0 Å². The largest absolute Gasteiger partial charge is 0.478 e. The maximum atomic E-state index is 13.1. The van der Waals surface area contributed by atoms with E-state index in [0.717, 1.165) is 56.5 Å². The molecular formula is C24H28N4O2. The third-order valence-corrected chi connectivity index (χ3v) is 5.44. The van der Waals surface area contributed by atoms with Crippen LogP contribution in [0, 0.1) is 0 Å². The number of carbonyl (C=O) groups is 1. The molecule has 0 saturated heterocycles. The number of nitrogens with one attached hydrogen (secondary N) is 2. The molecule has 6 heteroatoms. The first-order valence-corrected chi connectivity index (χ1v) is 10.7. The van der Waals surface area contributed by atoms with Gasteiger partial charge in [-0.1, -0.05) is 30.7 Å². The molecule has 0 bridgehead atoms. The van der Waals surface area contributed by atoms with Crippen LogP contribution in [0.15, 0.2) is 53.8 Å². The van der Waals surface area contributed by atoms with Gasteiger partial charge in [0.2, 0.25) is 5.88 Å². The molecule has 0 atom stereocenters. The number of aryl methyl sites for hydroxylation is 1. The minimum absolute atomic E-state index is 0.143. The van der Waals surface area contributed by atoms with Crippen molar-refractivity contribution in [3.8, 4) is 5.88 Å². The summed E-state index contributed by atoms with van der Waals surface area (Å²) in [6, 6.07) is 9.52. The fourth-order valence-corrected chi connectivity index (χ4v) is 4.00. The Labute approximate surface area is 177 Å². The number of allylic oxidation sites excluding steroid dienone is 2. The Hall–Kier alpha value is -2.99. The number of hydrogen-bond donors (Lipinski definition) is 2. The van der Waals surface area contributed by atoms with Gasteiger partial charge in [-0.3, -0.25) is 9.78 Å². The van der Waals surface area contributed by atoms with Gasteiger partial charge in [0.1, 0.15) is 5.82 Å². The summed E-state index contributed by atoms with van der Waals surface area (Å²) in [5, 5.41) is 6.21. The highest BCUT2D eigenvalue weighted by Crippen LogP contribution is 2.40. The monoisotopic (exact) mass is 404 g/mol. The van der Waals surface area contributed by atoms with Crippen LogP contribution in [0.1, 0.15) is 43.9 Å².